The fourth-order valence-corrected chi connectivity index (χ4v) is 4.27. The summed E-state index contributed by atoms with van der Waals surface area (Å²) in [5.41, 5.74) is 7.15. The van der Waals surface area contributed by atoms with E-state index >= 15 is 0 Å². The average molecular weight is 359 g/mol. The molecule has 0 spiro atoms. The molecule has 0 aliphatic heterocycles. The number of benzene rings is 1. The average Bonchev–Trinajstić information content (AvgIpc) is 3.14. The number of methoxy groups -OCH3 is 1. The molecule has 1 aromatic heterocycles. The van der Waals surface area contributed by atoms with Crippen LogP contribution in [0.5, 0.6) is 5.75 Å². The predicted molar refractivity (Wildman–Crippen MR) is 102 cm³/mol. The molecule has 2 N–H and O–H groups in total. The standard InChI is InChI=1S/C20H26N2O2S/c1-24-19-10-3-2-6-16(19)13-22(14-18-9-5-11-25-18)20(23)15-7-4-8-17(21)12-15/h2-3,5-6,9-11,15,17H,4,7-8,12-14,21H2,1H3. The number of ether oxygens (including phenoxy) is 1. The van der Waals surface area contributed by atoms with E-state index in [4.69, 9.17) is 10.5 Å². The molecule has 4 nitrogen and oxygen atoms in total. The lowest BCUT2D eigenvalue weighted by molar-refractivity contribution is -0.138. The highest BCUT2D eigenvalue weighted by Gasteiger charge is 2.29. The van der Waals surface area contributed by atoms with Crippen molar-refractivity contribution in [2.24, 2.45) is 11.7 Å². The van der Waals surface area contributed by atoms with Gasteiger partial charge in [-0.25, -0.2) is 0 Å². The van der Waals surface area contributed by atoms with Crippen molar-refractivity contribution in [3.05, 3.63) is 52.2 Å². The first-order valence-electron chi connectivity index (χ1n) is 8.86. The highest BCUT2D eigenvalue weighted by Crippen LogP contribution is 2.28. The molecule has 5 heteroatoms. The van der Waals surface area contributed by atoms with E-state index in [0.29, 0.717) is 13.1 Å². The van der Waals surface area contributed by atoms with Crippen LogP contribution < -0.4 is 10.5 Å². The molecule has 134 valence electrons. The molecule has 3 rings (SSSR count). The molecule has 25 heavy (non-hydrogen) atoms. The number of nitrogens with two attached hydrogens (primary N) is 1. The van der Waals surface area contributed by atoms with Crippen molar-refractivity contribution < 1.29 is 9.53 Å². The van der Waals surface area contributed by atoms with Gasteiger partial charge in [-0.05, 0) is 36.8 Å². The van der Waals surface area contributed by atoms with Gasteiger partial charge < -0.3 is 15.4 Å². The number of hydrogen-bond acceptors (Lipinski definition) is 4. The van der Waals surface area contributed by atoms with E-state index in [1.165, 1.54) is 4.88 Å². The van der Waals surface area contributed by atoms with Crippen LogP contribution in [0.15, 0.2) is 41.8 Å². The Balaban J connectivity index is 1.80. The predicted octanol–water partition coefficient (Wildman–Crippen LogP) is 3.80. The lowest BCUT2D eigenvalue weighted by atomic mass is 9.85. The maximum Gasteiger partial charge on any atom is 0.226 e. The van der Waals surface area contributed by atoms with Crippen molar-refractivity contribution in [2.45, 2.75) is 44.8 Å². The number of carbonyl (C=O) groups is 1. The summed E-state index contributed by atoms with van der Waals surface area (Å²) in [7, 11) is 1.67. The number of rotatable bonds is 6. The Labute approximate surface area is 153 Å². The quantitative estimate of drug-likeness (QED) is 0.854. The Morgan fingerprint density at radius 2 is 2.08 bits per heavy atom. The molecular weight excluding hydrogens is 332 g/mol. The summed E-state index contributed by atoms with van der Waals surface area (Å²) in [6.07, 6.45) is 3.81. The van der Waals surface area contributed by atoms with Crippen molar-refractivity contribution in [3.63, 3.8) is 0 Å². The van der Waals surface area contributed by atoms with E-state index in [9.17, 15) is 4.79 Å². The molecule has 2 unspecified atom stereocenters. The van der Waals surface area contributed by atoms with Gasteiger partial charge in [-0.2, -0.15) is 0 Å². The van der Waals surface area contributed by atoms with Crippen LogP contribution in [-0.2, 0) is 17.9 Å². The maximum absolute atomic E-state index is 13.2. The minimum Gasteiger partial charge on any atom is -0.496 e. The van der Waals surface area contributed by atoms with E-state index in [0.717, 1.165) is 37.0 Å². The molecule has 1 aromatic carbocycles. The van der Waals surface area contributed by atoms with Gasteiger partial charge in [-0.15, -0.1) is 11.3 Å². The van der Waals surface area contributed by atoms with Crippen molar-refractivity contribution in [3.8, 4) is 5.75 Å². The summed E-state index contributed by atoms with van der Waals surface area (Å²) in [4.78, 5) is 16.4. The fourth-order valence-electron chi connectivity index (χ4n) is 3.55. The first-order chi connectivity index (χ1) is 12.2. The summed E-state index contributed by atoms with van der Waals surface area (Å²) < 4.78 is 5.47. The van der Waals surface area contributed by atoms with Crippen molar-refractivity contribution in [1.82, 2.24) is 4.90 Å². The topological polar surface area (TPSA) is 55.6 Å². The van der Waals surface area contributed by atoms with Gasteiger partial charge in [0.25, 0.3) is 0 Å². The fraction of sp³-hybridized carbons (Fsp3) is 0.450. The largest absolute Gasteiger partial charge is 0.496 e. The number of nitrogens with zero attached hydrogens (tertiary/aromatic N) is 1. The lowest BCUT2D eigenvalue weighted by Gasteiger charge is -2.31. The van der Waals surface area contributed by atoms with Crippen LogP contribution in [0.1, 0.15) is 36.1 Å². The van der Waals surface area contributed by atoms with E-state index in [-0.39, 0.29) is 17.9 Å². The zero-order valence-corrected chi connectivity index (χ0v) is 15.5. The molecule has 1 amide bonds. The second-order valence-electron chi connectivity index (χ2n) is 6.71. The highest BCUT2D eigenvalue weighted by atomic mass is 32.1. The number of hydrogen-bond donors (Lipinski definition) is 1. The molecule has 2 atom stereocenters. The first kappa shape index (κ1) is 18.0. The minimum absolute atomic E-state index is 0.0402. The molecule has 0 saturated heterocycles. The second-order valence-corrected chi connectivity index (χ2v) is 7.74. The molecule has 1 aliphatic rings. The van der Waals surface area contributed by atoms with Crippen LogP contribution >= 0.6 is 11.3 Å². The van der Waals surface area contributed by atoms with Crippen LogP contribution in [0, 0.1) is 5.92 Å². The minimum atomic E-state index is 0.0402. The monoisotopic (exact) mass is 358 g/mol. The smallest absolute Gasteiger partial charge is 0.226 e. The van der Waals surface area contributed by atoms with Gasteiger partial charge in [-0.3, -0.25) is 4.79 Å². The Bertz CT molecular complexity index is 687. The second kappa shape index (κ2) is 8.50. The summed E-state index contributed by atoms with van der Waals surface area (Å²) in [6.45, 7) is 1.20. The molecule has 1 saturated carbocycles. The van der Waals surface area contributed by atoms with Gasteiger partial charge in [0.15, 0.2) is 0 Å². The van der Waals surface area contributed by atoms with E-state index < -0.39 is 0 Å². The lowest BCUT2D eigenvalue weighted by Crippen LogP contribution is -2.40. The Morgan fingerprint density at radius 1 is 1.24 bits per heavy atom. The van der Waals surface area contributed by atoms with Crippen LogP contribution in [-0.4, -0.2) is 24.0 Å². The number of carbonyl (C=O) groups excluding carboxylic acids is 1. The third-order valence-electron chi connectivity index (χ3n) is 4.86. The van der Waals surface area contributed by atoms with Crippen molar-refractivity contribution >= 4 is 17.2 Å². The van der Waals surface area contributed by atoms with Gasteiger partial charge in [-0.1, -0.05) is 30.7 Å². The van der Waals surface area contributed by atoms with Crippen LogP contribution in [0.4, 0.5) is 0 Å². The third-order valence-corrected chi connectivity index (χ3v) is 5.72. The molecule has 2 aromatic rings. The van der Waals surface area contributed by atoms with Gasteiger partial charge in [0, 0.05) is 28.9 Å². The molecule has 0 bridgehead atoms. The van der Waals surface area contributed by atoms with Gasteiger partial charge in [0.2, 0.25) is 5.91 Å². The SMILES string of the molecule is COc1ccccc1CN(Cc1cccs1)C(=O)C1CCCC(N)C1. The Kier molecular flexibility index (Phi) is 6.10. The van der Waals surface area contributed by atoms with Gasteiger partial charge >= 0.3 is 0 Å². The van der Waals surface area contributed by atoms with E-state index in [1.54, 1.807) is 18.4 Å². The van der Waals surface area contributed by atoms with Crippen LogP contribution in [0.25, 0.3) is 0 Å². The van der Waals surface area contributed by atoms with Crippen molar-refractivity contribution in [2.75, 3.05) is 7.11 Å². The van der Waals surface area contributed by atoms with Gasteiger partial charge in [0.05, 0.1) is 13.7 Å². The van der Waals surface area contributed by atoms with Crippen LogP contribution in [0.2, 0.25) is 0 Å². The molecular formula is C20H26N2O2S. The zero-order valence-electron chi connectivity index (χ0n) is 14.7. The third kappa shape index (κ3) is 4.61. The van der Waals surface area contributed by atoms with E-state index in [1.807, 2.05) is 35.2 Å². The number of thiophene rings is 1. The van der Waals surface area contributed by atoms with Gasteiger partial charge in [0.1, 0.15) is 5.75 Å². The maximum atomic E-state index is 13.2. The summed E-state index contributed by atoms with van der Waals surface area (Å²) in [6, 6.07) is 12.2. The normalized spacial score (nSPS) is 20.2. The van der Waals surface area contributed by atoms with Crippen molar-refractivity contribution in [1.29, 1.82) is 0 Å². The molecule has 1 aliphatic carbocycles. The summed E-state index contributed by atoms with van der Waals surface area (Å²) in [5, 5.41) is 2.05. The summed E-state index contributed by atoms with van der Waals surface area (Å²) in [5.74, 6) is 1.08. The highest BCUT2D eigenvalue weighted by molar-refractivity contribution is 7.09. The number of amides is 1. The number of para-hydroxylation sites is 1. The summed E-state index contributed by atoms with van der Waals surface area (Å²) >= 11 is 1.69. The van der Waals surface area contributed by atoms with Crippen LogP contribution in [0.3, 0.4) is 0 Å². The van der Waals surface area contributed by atoms with E-state index in [2.05, 4.69) is 11.4 Å². The Morgan fingerprint density at radius 3 is 2.80 bits per heavy atom. The first-order valence-corrected chi connectivity index (χ1v) is 9.74. The zero-order chi connectivity index (χ0) is 17.6. The molecule has 1 heterocycles. The molecule has 0 radical (unpaired) electrons. The Hall–Kier alpha value is -1.85. The molecule has 1 fully saturated rings.